The number of carbonyl (C=O) groups excluding carboxylic acids is 7. The van der Waals surface area contributed by atoms with Crippen molar-refractivity contribution >= 4 is 47.2 Å². The molecule has 320 valence electrons. The summed E-state index contributed by atoms with van der Waals surface area (Å²) >= 11 is 0. The lowest BCUT2D eigenvalue weighted by molar-refractivity contribution is -0.163. The van der Waals surface area contributed by atoms with E-state index in [0.29, 0.717) is 24.6 Å². The molecule has 0 aromatic carbocycles. The molecule has 7 amide bonds. The Hall–Kier alpha value is -5.46. The first-order chi connectivity index (χ1) is 28.0. The summed E-state index contributed by atoms with van der Waals surface area (Å²) < 4.78 is 34.6. The van der Waals surface area contributed by atoms with Gasteiger partial charge < -0.3 is 45.8 Å². The van der Waals surface area contributed by atoms with E-state index in [1.165, 1.54) is 29.8 Å². The number of urea groups is 1. The minimum atomic E-state index is -1.73. The lowest BCUT2D eigenvalue weighted by Crippen LogP contribution is -2.63. The number of aromatic nitrogens is 1. The highest BCUT2D eigenvalue weighted by Crippen LogP contribution is 2.30. The van der Waals surface area contributed by atoms with Crippen molar-refractivity contribution in [3.8, 4) is 0 Å². The van der Waals surface area contributed by atoms with Crippen molar-refractivity contribution in [1.29, 1.82) is 0 Å². The maximum absolute atomic E-state index is 14.7. The van der Waals surface area contributed by atoms with Gasteiger partial charge >= 0.3 is 12.0 Å². The second kappa shape index (κ2) is 18.2. The molecule has 0 bridgehead atoms. The summed E-state index contributed by atoms with van der Waals surface area (Å²) in [5, 5.41) is 21.3. The summed E-state index contributed by atoms with van der Waals surface area (Å²) in [7, 11) is 0. The molecule has 1 aliphatic carbocycles. The van der Waals surface area contributed by atoms with E-state index in [1.54, 1.807) is 19.1 Å². The van der Waals surface area contributed by atoms with E-state index >= 15 is 0 Å². The number of carbonyl (C=O) groups is 7. The van der Waals surface area contributed by atoms with Crippen molar-refractivity contribution in [2.75, 3.05) is 25.0 Å². The number of allylic oxidation sites excluding steroid dienone is 4. The average molecular weight is 827 g/mol. The molecule has 5 N–H and O–H groups in total. The number of hydrogen-bond donors (Lipinski definition) is 5. The van der Waals surface area contributed by atoms with Gasteiger partial charge in [0, 0.05) is 44.2 Å². The fourth-order valence-electron chi connectivity index (χ4n) is 8.57. The van der Waals surface area contributed by atoms with Crippen molar-refractivity contribution in [1.82, 2.24) is 35.6 Å². The van der Waals surface area contributed by atoms with Crippen molar-refractivity contribution in [3.05, 3.63) is 47.8 Å². The van der Waals surface area contributed by atoms with Gasteiger partial charge in [0.15, 0.2) is 0 Å². The Kier molecular flexibility index (Phi) is 13.3. The molecule has 0 spiro atoms. The van der Waals surface area contributed by atoms with Gasteiger partial charge in [-0.05, 0) is 82.9 Å². The molecule has 0 saturated carbocycles. The number of aliphatic hydroxyl groups excluding tert-OH is 1. The van der Waals surface area contributed by atoms with Crippen molar-refractivity contribution < 1.29 is 52.2 Å². The van der Waals surface area contributed by atoms with E-state index in [-0.39, 0.29) is 63.3 Å². The maximum Gasteiger partial charge on any atom is 0.329 e. The Morgan fingerprint density at radius 3 is 2.42 bits per heavy atom. The van der Waals surface area contributed by atoms with Crippen LogP contribution in [0.4, 0.5) is 19.3 Å². The number of cyclic esters (lactones) is 1. The van der Waals surface area contributed by atoms with Gasteiger partial charge in [-0.2, -0.15) is 0 Å². The van der Waals surface area contributed by atoms with Crippen molar-refractivity contribution in [3.63, 3.8) is 0 Å². The minimum absolute atomic E-state index is 0.140. The third kappa shape index (κ3) is 10.1. The van der Waals surface area contributed by atoms with Gasteiger partial charge in [0.1, 0.15) is 54.0 Å². The standard InChI is InChI=1S/C40H52F2N8O9/c1-20-11-32-39(57)59-23(4)33(47-34(52)29(14-24-12-25(41)15-26(42)13-24)46-40(58)45-27-9-8-21(2)43-17-27)38(56)50-19-28(51)16-31(50)37(55)48-10-6-5-7-30(48)35(53)44-22(3)36(54)49(32)18-20/h8-9,12,15,17,20,22-24,28-33,51H,5-7,10-11,13-14,16,18-19H2,1-4H3,(H,44,53)(H,47,52)(H2,45,46,58)/t20-,22+,23+,24?,28-,29+,30+,31+,32+,33+/m1/s1. The molecule has 1 unspecified atom stereocenters. The molecule has 4 saturated heterocycles. The molecule has 4 aliphatic heterocycles. The van der Waals surface area contributed by atoms with Crippen LogP contribution in [0, 0.1) is 18.8 Å². The molecule has 17 nitrogen and oxygen atoms in total. The number of hydrogen-bond acceptors (Lipinski definition) is 10. The number of nitrogens with one attached hydrogen (secondary N) is 4. The van der Waals surface area contributed by atoms with Gasteiger partial charge in [-0.1, -0.05) is 6.92 Å². The summed E-state index contributed by atoms with van der Waals surface area (Å²) in [5.74, 6) is -7.21. The van der Waals surface area contributed by atoms with Crippen LogP contribution < -0.4 is 21.3 Å². The van der Waals surface area contributed by atoms with Gasteiger partial charge in [0.2, 0.25) is 29.5 Å². The van der Waals surface area contributed by atoms with E-state index in [9.17, 15) is 47.4 Å². The molecular formula is C40H52F2N8O9. The van der Waals surface area contributed by atoms with Crippen LogP contribution in [0.25, 0.3) is 0 Å². The Morgan fingerprint density at radius 1 is 0.966 bits per heavy atom. The molecule has 1 aromatic heterocycles. The van der Waals surface area contributed by atoms with Crippen LogP contribution in [0.1, 0.15) is 71.4 Å². The number of anilines is 1. The van der Waals surface area contributed by atoms with E-state index < -0.39 is 108 Å². The largest absolute Gasteiger partial charge is 0.458 e. The first-order valence-electron chi connectivity index (χ1n) is 20.1. The molecule has 6 rings (SSSR count). The number of fused-ring (bicyclic) bond motifs is 3. The smallest absolute Gasteiger partial charge is 0.329 e. The number of ether oxygens (including phenoxy) is 1. The summed E-state index contributed by atoms with van der Waals surface area (Å²) in [6, 6.07) is -5.33. The molecule has 10 atom stereocenters. The summed E-state index contributed by atoms with van der Waals surface area (Å²) in [6.07, 6.45) is 1.47. The molecule has 4 fully saturated rings. The lowest BCUT2D eigenvalue weighted by atomic mass is 9.91. The van der Waals surface area contributed by atoms with Crippen molar-refractivity contribution in [2.45, 2.75) is 121 Å². The highest BCUT2D eigenvalue weighted by atomic mass is 19.1. The number of amides is 7. The molecule has 19 heteroatoms. The van der Waals surface area contributed by atoms with Crippen LogP contribution in [0.15, 0.2) is 42.1 Å². The number of aryl methyl sites for hydroxylation is 1. The Bertz CT molecular complexity index is 1900. The molecule has 5 aliphatic rings. The van der Waals surface area contributed by atoms with Gasteiger partial charge in [-0.15, -0.1) is 0 Å². The zero-order chi connectivity index (χ0) is 42.7. The number of piperidine rings is 1. The predicted octanol–water partition coefficient (Wildman–Crippen LogP) is 1.51. The van der Waals surface area contributed by atoms with Gasteiger partial charge in [-0.3, -0.25) is 29.0 Å². The predicted molar refractivity (Wildman–Crippen MR) is 206 cm³/mol. The van der Waals surface area contributed by atoms with Gasteiger partial charge in [0.25, 0.3) is 0 Å². The van der Waals surface area contributed by atoms with Crippen molar-refractivity contribution in [2.24, 2.45) is 11.8 Å². The first kappa shape index (κ1) is 43.1. The highest BCUT2D eigenvalue weighted by Gasteiger charge is 2.49. The number of halogens is 2. The van der Waals surface area contributed by atoms with E-state index in [4.69, 9.17) is 4.74 Å². The fourth-order valence-corrected chi connectivity index (χ4v) is 8.57. The van der Waals surface area contributed by atoms with Gasteiger partial charge in [0.05, 0.1) is 18.0 Å². The van der Waals surface area contributed by atoms with Gasteiger partial charge in [-0.25, -0.2) is 18.4 Å². The van der Waals surface area contributed by atoms with E-state index in [0.717, 1.165) is 11.0 Å². The Morgan fingerprint density at radius 2 is 1.71 bits per heavy atom. The zero-order valence-corrected chi connectivity index (χ0v) is 33.5. The number of rotatable bonds is 6. The Labute approximate surface area is 340 Å². The summed E-state index contributed by atoms with van der Waals surface area (Å²) in [4.78, 5) is 106. The second-order valence-electron chi connectivity index (χ2n) is 16.3. The van der Waals surface area contributed by atoms with Crippen LogP contribution in [-0.4, -0.2) is 134 Å². The summed E-state index contributed by atoms with van der Waals surface area (Å²) in [6.45, 7) is 6.44. The lowest BCUT2D eigenvalue weighted by Gasteiger charge is -2.39. The van der Waals surface area contributed by atoms with Crippen LogP contribution in [-0.2, 0) is 33.5 Å². The first-order valence-corrected chi connectivity index (χ1v) is 20.1. The fraction of sp³-hybridized carbons (Fsp3) is 0.600. The third-order valence-electron chi connectivity index (χ3n) is 11.5. The molecule has 1 aromatic rings. The van der Waals surface area contributed by atoms with E-state index in [1.807, 2.05) is 6.92 Å². The minimum Gasteiger partial charge on any atom is -0.458 e. The quantitative estimate of drug-likeness (QED) is 0.261. The number of nitrogens with zero attached hydrogens (tertiary/aromatic N) is 4. The maximum atomic E-state index is 14.7. The zero-order valence-electron chi connectivity index (χ0n) is 33.5. The number of pyridine rings is 1. The molecule has 5 heterocycles. The third-order valence-corrected chi connectivity index (χ3v) is 11.5. The van der Waals surface area contributed by atoms with E-state index in [2.05, 4.69) is 26.3 Å². The topological polar surface area (TPSA) is 220 Å². The number of aliphatic hydroxyl groups is 1. The van der Waals surface area contributed by atoms with Crippen LogP contribution in [0.3, 0.4) is 0 Å². The monoisotopic (exact) mass is 826 g/mol. The SMILES string of the molecule is Cc1ccc(NC(=O)N[C@@H](CC2C=C(F)C=C(F)C2)C(=O)N[C@@H]2C(=O)N3C[C@H](O)C[C@H]3C(=O)N3CCCC[C@H]3C(=O)N[C@@H](C)C(=O)N3C[C@H](C)C[C@H]3C(=O)O[C@H]2C)cn1. The number of esters is 1. The average Bonchev–Trinajstić information content (AvgIpc) is 3.78. The Balaban J connectivity index is 1.34. The normalized spacial score (nSPS) is 31.2. The summed E-state index contributed by atoms with van der Waals surface area (Å²) in [5.41, 5.74) is 0.952. The van der Waals surface area contributed by atoms with Crippen LogP contribution >= 0.6 is 0 Å². The molecule has 59 heavy (non-hydrogen) atoms. The second-order valence-corrected chi connectivity index (χ2v) is 16.3. The van der Waals surface area contributed by atoms with Crippen LogP contribution in [0.5, 0.6) is 0 Å². The highest BCUT2D eigenvalue weighted by molar-refractivity contribution is 5.98. The molecular weight excluding hydrogens is 774 g/mol. The van der Waals surface area contributed by atoms with Crippen LogP contribution in [0.2, 0.25) is 0 Å². The molecule has 0 radical (unpaired) electrons.